The zero-order chi connectivity index (χ0) is 21.8. The van der Waals surface area contributed by atoms with Gasteiger partial charge in [-0.1, -0.05) is 18.2 Å². The largest absolute Gasteiger partial charge is 0.488 e. The van der Waals surface area contributed by atoms with Gasteiger partial charge in [0.1, 0.15) is 12.4 Å². The maximum Gasteiger partial charge on any atom is 0.286 e. The number of benzene rings is 2. The number of quaternary nitrogens is 1. The highest BCUT2D eigenvalue weighted by Crippen LogP contribution is 2.32. The summed E-state index contributed by atoms with van der Waals surface area (Å²) in [7, 11) is 2.17. The number of nitro groups is 1. The van der Waals surface area contributed by atoms with Crippen LogP contribution in [0.4, 0.5) is 5.69 Å². The second kappa shape index (κ2) is 9.32. The number of nitrogens with one attached hydrogen (secondary N) is 1. The van der Waals surface area contributed by atoms with Crippen LogP contribution in [0, 0.1) is 10.1 Å². The molecule has 0 unspecified atom stereocenters. The van der Waals surface area contributed by atoms with Gasteiger partial charge < -0.3 is 14.5 Å². The number of hydrogen-bond acceptors (Lipinski definition) is 6. The number of nitro benzene ring substituents is 1. The van der Waals surface area contributed by atoms with Crippen LogP contribution < -0.4 is 9.64 Å². The first-order valence-electron chi connectivity index (χ1n) is 10.0. The molecule has 9 heteroatoms. The highest BCUT2D eigenvalue weighted by molar-refractivity contribution is 8.18. The lowest BCUT2D eigenvalue weighted by Gasteiger charge is -2.30. The van der Waals surface area contributed by atoms with E-state index in [0.29, 0.717) is 10.7 Å². The summed E-state index contributed by atoms with van der Waals surface area (Å²) in [6, 6.07) is 13.8. The van der Waals surface area contributed by atoms with Crippen LogP contribution in [0.1, 0.15) is 11.1 Å². The second-order valence-electron chi connectivity index (χ2n) is 7.50. The van der Waals surface area contributed by atoms with Crippen LogP contribution in [0.25, 0.3) is 6.08 Å². The molecule has 0 radical (unpaired) electrons. The number of non-ortho nitro benzene ring substituents is 1. The second-order valence-corrected chi connectivity index (χ2v) is 8.51. The monoisotopic (exact) mass is 439 g/mol. The van der Waals surface area contributed by atoms with Crippen molar-refractivity contribution in [2.75, 3.05) is 33.2 Å². The van der Waals surface area contributed by atoms with E-state index in [-0.39, 0.29) is 18.2 Å². The fraction of sp³-hybridized carbons (Fsp3) is 0.273. The number of aliphatic imine (C=N–C) groups is 1. The third-order valence-corrected chi connectivity index (χ3v) is 6.29. The number of piperazine rings is 1. The SMILES string of the molecule is C[NH+]1CCN(C2=NC(=O)/C(=C/c3ccccc3OCc3ccc([N+](=O)[O-])cc3)S2)CC1. The summed E-state index contributed by atoms with van der Waals surface area (Å²) >= 11 is 1.41. The smallest absolute Gasteiger partial charge is 0.286 e. The third kappa shape index (κ3) is 5.12. The van der Waals surface area contributed by atoms with Crippen LogP contribution >= 0.6 is 11.8 Å². The molecule has 1 saturated heterocycles. The van der Waals surface area contributed by atoms with Crippen LogP contribution in [0.2, 0.25) is 0 Å². The summed E-state index contributed by atoms with van der Waals surface area (Å²) < 4.78 is 5.94. The molecule has 1 amide bonds. The first-order chi connectivity index (χ1) is 15.0. The van der Waals surface area contributed by atoms with Crippen LogP contribution in [0.3, 0.4) is 0 Å². The molecule has 0 aliphatic carbocycles. The van der Waals surface area contributed by atoms with Gasteiger partial charge in [0.2, 0.25) is 0 Å². The van der Waals surface area contributed by atoms with E-state index in [1.165, 1.54) is 28.8 Å². The number of nitrogens with zero attached hydrogens (tertiary/aromatic N) is 3. The van der Waals surface area contributed by atoms with E-state index in [1.54, 1.807) is 12.1 Å². The highest BCUT2D eigenvalue weighted by Gasteiger charge is 2.29. The molecule has 8 nitrogen and oxygen atoms in total. The molecule has 0 saturated carbocycles. The molecule has 2 aliphatic heterocycles. The van der Waals surface area contributed by atoms with E-state index in [4.69, 9.17) is 4.74 Å². The number of thioether (sulfide) groups is 1. The number of rotatable bonds is 5. The summed E-state index contributed by atoms with van der Waals surface area (Å²) in [4.78, 5) is 31.3. The van der Waals surface area contributed by atoms with Gasteiger partial charge in [0.15, 0.2) is 5.17 Å². The van der Waals surface area contributed by atoms with Gasteiger partial charge in [-0.15, -0.1) is 0 Å². The van der Waals surface area contributed by atoms with Crippen molar-refractivity contribution in [2.24, 2.45) is 4.99 Å². The average molecular weight is 440 g/mol. The molecule has 0 spiro atoms. The van der Waals surface area contributed by atoms with E-state index in [0.717, 1.165) is 42.5 Å². The lowest BCUT2D eigenvalue weighted by molar-refractivity contribution is -0.883. The van der Waals surface area contributed by atoms with Gasteiger partial charge in [-0.25, -0.2) is 0 Å². The topological polar surface area (TPSA) is 89.5 Å². The Morgan fingerprint density at radius 1 is 1.19 bits per heavy atom. The number of hydrogen-bond donors (Lipinski definition) is 1. The predicted molar refractivity (Wildman–Crippen MR) is 120 cm³/mol. The van der Waals surface area contributed by atoms with E-state index >= 15 is 0 Å². The van der Waals surface area contributed by atoms with Crippen molar-refractivity contribution in [3.8, 4) is 5.75 Å². The van der Waals surface area contributed by atoms with Crippen molar-refractivity contribution in [3.05, 3.63) is 74.7 Å². The third-order valence-electron chi connectivity index (χ3n) is 5.24. The van der Waals surface area contributed by atoms with E-state index in [2.05, 4.69) is 16.9 Å². The lowest BCUT2D eigenvalue weighted by Crippen LogP contribution is -3.12. The Morgan fingerprint density at radius 3 is 2.61 bits per heavy atom. The fourth-order valence-electron chi connectivity index (χ4n) is 3.36. The maximum absolute atomic E-state index is 12.5. The first-order valence-corrected chi connectivity index (χ1v) is 10.9. The minimum Gasteiger partial charge on any atom is -0.488 e. The van der Waals surface area contributed by atoms with Crippen LogP contribution in [-0.2, 0) is 11.4 Å². The van der Waals surface area contributed by atoms with Gasteiger partial charge in [0.25, 0.3) is 11.6 Å². The van der Waals surface area contributed by atoms with Crippen molar-refractivity contribution >= 4 is 34.6 Å². The molecule has 2 aliphatic rings. The molecule has 160 valence electrons. The molecule has 2 aromatic carbocycles. The van der Waals surface area contributed by atoms with Crippen molar-refractivity contribution in [1.29, 1.82) is 0 Å². The molecule has 2 heterocycles. The molecule has 0 atom stereocenters. The van der Waals surface area contributed by atoms with Crippen molar-refractivity contribution in [3.63, 3.8) is 0 Å². The Hall–Kier alpha value is -3.17. The van der Waals surface area contributed by atoms with Gasteiger partial charge in [-0.2, -0.15) is 4.99 Å². The molecule has 31 heavy (non-hydrogen) atoms. The number of amidine groups is 1. The highest BCUT2D eigenvalue weighted by atomic mass is 32.2. The van der Waals surface area contributed by atoms with Crippen molar-refractivity contribution < 1.29 is 19.4 Å². The van der Waals surface area contributed by atoms with Gasteiger partial charge in [0.05, 0.1) is 43.1 Å². The Labute approximate surface area is 184 Å². The number of para-hydroxylation sites is 1. The summed E-state index contributed by atoms with van der Waals surface area (Å²) in [6.45, 7) is 4.13. The predicted octanol–water partition coefficient (Wildman–Crippen LogP) is 1.97. The molecule has 2 aromatic rings. The van der Waals surface area contributed by atoms with E-state index in [1.807, 2.05) is 30.3 Å². The molecular weight excluding hydrogens is 416 g/mol. The normalized spacial score (nSPS) is 18.4. The molecule has 0 bridgehead atoms. The number of carbonyl (C=O) groups excluding carboxylic acids is 1. The number of likely N-dealkylation sites (N-methyl/N-ethyl adjacent to an activating group) is 1. The molecule has 4 rings (SSSR count). The number of ether oxygens (including phenoxy) is 1. The zero-order valence-electron chi connectivity index (χ0n) is 17.1. The van der Waals surface area contributed by atoms with Crippen molar-refractivity contribution in [1.82, 2.24) is 4.90 Å². The lowest BCUT2D eigenvalue weighted by atomic mass is 10.1. The summed E-state index contributed by atoms with van der Waals surface area (Å²) in [5.41, 5.74) is 1.66. The average Bonchev–Trinajstić information content (AvgIpc) is 3.14. The number of amides is 1. The summed E-state index contributed by atoms with van der Waals surface area (Å²) in [5, 5.41) is 11.6. The number of carbonyl (C=O) groups is 1. The van der Waals surface area contributed by atoms with Crippen molar-refractivity contribution in [2.45, 2.75) is 6.61 Å². The summed E-state index contributed by atoms with van der Waals surface area (Å²) in [6.07, 6.45) is 1.82. The van der Waals surface area contributed by atoms with Gasteiger partial charge in [0, 0.05) is 17.7 Å². The van der Waals surface area contributed by atoms with Crippen LogP contribution in [0.15, 0.2) is 58.4 Å². The Bertz CT molecular complexity index is 1040. The van der Waals surface area contributed by atoms with Crippen LogP contribution in [-0.4, -0.2) is 54.1 Å². The molecule has 1 fully saturated rings. The minimum atomic E-state index is -0.429. The first kappa shape index (κ1) is 21.1. The zero-order valence-corrected chi connectivity index (χ0v) is 17.9. The summed E-state index contributed by atoms with van der Waals surface area (Å²) in [5.74, 6) is 0.412. The molecule has 1 N–H and O–H groups in total. The minimum absolute atomic E-state index is 0.0446. The van der Waals surface area contributed by atoms with Gasteiger partial charge >= 0.3 is 0 Å². The van der Waals surface area contributed by atoms with E-state index in [9.17, 15) is 14.9 Å². The Morgan fingerprint density at radius 2 is 1.90 bits per heavy atom. The molecular formula is C22H23N4O4S+. The van der Waals surface area contributed by atoms with Gasteiger partial charge in [-0.05, 0) is 41.6 Å². The maximum atomic E-state index is 12.5. The van der Waals surface area contributed by atoms with E-state index < -0.39 is 4.92 Å². The van der Waals surface area contributed by atoms with Crippen LogP contribution in [0.5, 0.6) is 5.75 Å². The Kier molecular flexibility index (Phi) is 6.34. The fourth-order valence-corrected chi connectivity index (χ4v) is 4.32. The van der Waals surface area contributed by atoms with Gasteiger partial charge in [-0.3, -0.25) is 14.9 Å². The standard InChI is InChI=1S/C22H22N4O4S/c1-24-10-12-25(13-11-24)22-23-21(27)20(31-22)14-17-4-2-3-5-19(17)30-15-16-6-8-18(9-7-16)26(28)29/h2-9,14H,10-13,15H2,1H3/p+1/b20-14-. The molecule has 0 aromatic heterocycles. The quantitative estimate of drug-likeness (QED) is 0.435. The Balaban J connectivity index is 1.44.